The Bertz CT molecular complexity index is 655. The fourth-order valence-electron chi connectivity index (χ4n) is 2.05. The van der Waals surface area contributed by atoms with Crippen LogP contribution < -0.4 is 0 Å². The molecule has 2 aromatic rings. The largest absolute Gasteiger partial charge is 0.465 e. The molecular formula is C16H18N2O3S. The monoisotopic (exact) mass is 318 g/mol. The number of methoxy groups -OCH3 is 1. The van der Waals surface area contributed by atoms with Gasteiger partial charge in [0.2, 0.25) is 0 Å². The minimum Gasteiger partial charge on any atom is -0.465 e. The Kier molecular flexibility index (Phi) is 5.27. The van der Waals surface area contributed by atoms with Gasteiger partial charge in [0.25, 0.3) is 5.91 Å². The Morgan fingerprint density at radius 2 is 2.09 bits per heavy atom. The topological polar surface area (TPSA) is 59.5 Å². The average molecular weight is 318 g/mol. The lowest BCUT2D eigenvalue weighted by molar-refractivity contribution is 0.0600. The first-order valence-corrected chi connectivity index (χ1v) is 7.73. The molecular weight excluding hydrogens is 300 g/mol. The Morgan fingerprint density at radius 3 is 2.73 bits per heavy atom. The third kappa shape index (κ3) is 3.71. The molecule has 0 aromatic carbocycles. The number of carbonyl (C=O) groups excluding carboxylic acids is 2. The first-order valence-electron chi connectivity index (χ1n) is 6.86. The van der Waals surface area contributed by atoms with Crippen molar-refractivity contribution in [2.75, 3.05) is 14.2 Å². The van der Waals surface area contributed by atoms with Gasteiger partial charge in [-0.15, -0.1) is 11.3 Å². The minimum atomic E-state index is -0.503. The van der Waals surface area contributed by atoms with Crippen LogP contribution in [-0.2, 0) is 11.2 Å². The Balaban J connectivity index is 2.11. The van der Waals surface area contributed by atoms with Crippen molar-refractivity contribution in [2.24, 2.45) is 0 Å². The lowest BCUT2D eigenvalue weighted by Crippen LogP contribution is -2.36. The van der Waals surface area contributed by atoms with Crippen molar-refractivity contribution in [1.29, 1.82) is 0 Å². The number of ether oxygens (including phenoxy) is 1. The predicted octanol–water partition coefficient (Wildman–Crippen LogP) is 2.63. The highest BCUT2D eigenvalue weighted by atomic mass is 32.1. The normalized spacial score (nSPS) is 11.8. The average Bonchev–Trinajstić information content (AvgIpc) is 3.05. The zero-order valence-electron chi connectivity index (χ0n) is 12.8. The SMILES string of the molecule is COC(=O)c1cncc(C(=O)N(C)[C@H](C)Cc2cccs2)c1. The summed E-state index contributed by atoms with van der Waals surface area (Å²) in [5, 5.41) is 2.02. The van der Waals surface area contributed by atoms with Crippen LogP contribution in [0.15, 0.2) is 36.0 Å². The van der Waals surface area contributed by atoms with Crippen molar-refractivity contribution >= 4 is 23.2 Å². The Morgan fingerprint density at radius 1 is 1.36 bits per heavy atom. The van der Waals surface area contributed by atoms with E-state index >= 15 is 0 Å². The van der Waals surface area contributed by atoms with Crippen LogP contribution in [0.2, 0.25) is 0 Å². The van der Waals surface area contributed by atoms with Crippen LogP contribution in [0.4, 0.5) is 0 Å². The number of pyridine rings is 1. The predicted molar refractivity (Wildman–Crippen MR) is 85.2 cm³/mol. The Hall–Kier alpha value is -2.21. The number of likely N-dealkylation sites (N-methyl/N-ethyl adjacent to an activating group) is 1. The Labute approximate surface area is 133 Å². The van der Waals surface area contributed by atoms with Gasteiger partial charge >= 0.3 is 5.97 Å². The molecule has 0 unspecified atom stereocenters. The van der Waals surface area contributed by atoms with Gasteiger partial charge in [0.05, 0.1) is 18.2 Å². The fourth-order valence-corrected chi connectivity index (χ4v) is 2.87. The van der Waals surface area contributed by atoms with Crippen LogP contribution in [0, 0.1) is 0 Å². The van der Waals surface area contributed by atoms with Gasteiger partial charge < -0.3 is 9.64 Å². The molecule has 2 rings (SSSR count). The number of nitrogens with zero attached hydrogens (tertiary/aromatic N) is 2. The zero-order valence-corrected chi connectivity index (χ0v) is 13.6. The number of amides is 1. The van der Waals surface area contributed by atoms with E-state index in [4.69, 9.17) is 0 Å². The van der Waals surface area contributed by atoms with E-state index in [-0.39, 0.29) is 17.5 Å². The minimum absolute atomic E-state index is 0.0490. The van der Waals surface area contributed by atoms with Gasteiger partial charge in [-0.3, -0.25) is 9.78 Å². The smallest absolute Gasteiger partial charge is 0.339 e. The van der Waals surface area contributed by atoms with Gasteiger partial charge in [-0.05, 0) is 24.4 Å². The van der Waals surface area contributed by atoms with Crippen LogP contribution in [0.1, 0.15) is 32.5 Å². The molecule has 1 atom stereocenters. The second kappa shape index (κ2) is 7.17. The third-order valence-corrected chi connectivity index (χ3v) is 4.36. The molecule has 0 saturated heterocycles. The molecule has 5 nitrogen and oxygen atoms in total. The maximum absolute atomic E-state index is 12.5. The van der Waals surface area contributed by atoms with Crippen LogP contribution in [0.5, 0.6) is 0 Å². The molecule has 0 radical (unpaired) electrons. The summed E-state index contributed by atoms with van der Waals surface area (Å²) in [6.07, 6.45) is 3.64. The second-order valence-electron chi connectivity index (χ2n) is 5.00. The van der Waals surface area contributed by atoms with E-state index in [1.165, 1.54) is 30.4 Å². The zero-order chi connectivity index (χ0) is 16.1. The van der Waals surface area contributed by atoms with Crippen molar-refractivity contribution in [2.45, 2.75) is 19.4 Å². The summed E-state index contributed by atoms with van der Waals surface area (Å²) in [7, 11) is 3.05. The third-order valence-electron chi connectivity index (χ3n) is 3.46. The molecule has 0 saturated carbocycles. The van der Waals surface area contributed by atoms with Gasteiger partial charge in [0, 0.05) is 36.8 Å². The number of hydrogen-bond acceptors (Lipinski definition) is 5. The van der Waals surface area contributed by atoms with Crippen molar-refractivity contribution in [3.05, 3.63) is 52.0 Å². The maximum atomic E-state index is 12.5. The van der Waals surface area contributed by atoms with Crippen molar-refractivity contribution < 1.29 is 14.3 Å². The second-order valence-corrected chi connectivity index (χ2v) is 6.03. The number of aromatic nitrogens is 1. The molecule has 22 heavy (non-hydrogen) atoms. The molecule has 0 aliphatic rings. The van der Waals surface area contributed by atoms with Gasteiger partial charge in [-0.1, -0.05) is 6.07 Å². The number of rotatable bonds is 5. The molecule has 0 aliphatic heterocycles. The van der Waals surface area contributed by atoms with Gasteiger partial charge in [-0.2, -0.15) is 0 Å². The molecule has 2 aromatic heterocycles. The van der Waals surface area contributed by atoms with E-state index in [9.17, 15) is 9.59 Å². The molecule has 0 N–H and O–H groups in total. The summed E-state index contributed by atoms with van der Waals surface area (Å²) in [4.78, 5) is 30.9. The molecule has 0 fully saturated rings. The number of thiophene rings is 1. The summed E-state index contributed by atoms with van der Waals surface area (Å²) < 4.78 is 4.65. The highest BCUT2D eigenvalue weighted by Gasteiger charge is 2.19. The van der Waals surface area contributed by atoms with Crippen LogP contribution >= 0.6 is 11.3 Å². The summed E-state index contributed by atoms with van der Waals surface area (Å²) in [6, 6.07) is 5.61. The molecule has 6 heteroatoms. The molecule has 0 bridgehead atoms. The molecule has 1 amide bonds. The van der Waals surface area contributed by atoms with Crippen LogP contribution in [-0.4, -0.2) is 42.0 Å². The first kappa shape index (κ1) is 16.2. The van der Waals surface area contributed by atoms with Crippen LogP contribution in [0.3, 0.4) is 0 Å². The lowest BCUT2D eigenvalue weighted by atomic mass is 10.1. The van der Waals surface area contributed by atoms with E-state index in [1.807, 2.05) is 18.4 Å². The molecule has 0 aliphatic carbocycles. The van der Waals surface area contributed by atoms with E-state index in [2.05, 4.69) is 15.8 Å². The number of hydrogen-bond donors (Lipinski definition) is 0. The summed E-state index contributed by atoms with van der Waals surface area (Å²) in [6.45, 7) is 2.00. The molecule has 0 spiro atoms. The van der Waals surface area contributed by atoms with Crippen molar-refractivity contribution in [1.82, 2.24) is 9.88 Å². The van der Waals surface area contributed by atoms with Gasteiger partial charge in [0.1, 0.15) is 0 Å². The first-order chi connectivity index (χ1) is 10.5. The highest BCUT2D eigenvalue weighted by Crippen LogP contribution is 2.15. The van der Waals surface area contributed by atoms with Gasteiger partial charge in [0.15, 0.2) is 0 Å². The number of esters is 1. The van der Waals surface area contributed by atoms with Crippen LogP contribution in [0.25, 0.3) is 0 Å². The quantitative estimate of drug-likeness (QED) is 0.795. The van der Waals surface area contributed by atoms with E-state index in [0.717, 1.165) is 6.42 Å². The van der Waals surface area contributed by atoms with Crippen molar-refractivity contribution in [3.63, 3.8) is 0 Å². The molecule has 2 heterocycles. The lowest BCUT2D eigenvalue weighted by Gasteiger charge is -2.24. The van der Waals surface area contributed by atoms with Crippen molar-refractivity contribution in [3.8, 4) is 0 Å². The number of carbonyl (C=O) groups is 2. The summed E-state index contributed by atoms with van der Waals surface area (Å²) in [5.41, 5.74) is 0.649. The molecule has 116 valence electrons. The summed E-state index contributed by atoms with van der Waals surface area (Å²) >= 11 is 1.67. The summed E-state index contributed by atoms with van der Waals surface area (Å²) in [5.74, 6) is -0.668. The van der Waals surface area contributed by atoms with E-state index < -0.39 is 5.97 Å². The fraction of sp³-hybridized carbons (Fsp3) is 0.312. The maximum Gasteiger partial charge on any atom is 0.339 e. The highest BCUT2D eigenvalue weighted by molar-refractivity contribution is 7.09. The van der Waals surface area contributed by atoms with E-state index in [1.54, 1.807) is 23.3 Å². The van der Waals surface area contributed by atoms with Gasteiger partial charge in [-0.25, -0.2) is 4.79 Å². The van der Waals surface area contributed by atoms with E-state index in [0.29, 0.717) is 5.56 Å². The standard InChI is InChI=1S/C16H18N2O3S/c1-11(7-14-5-4-6-22-14)18(2)15(19)12-8-13(10-17-9-12)16(20)21-3/h4-6,8-11H,7H2,1-3H3/t11-/m1/s1.